The molecule has 29 heavy (non-hydrogen) atoms. The maximum atomic E-state index is 5.51. The summed E-state index contributed by atoms with van der Waals surface area (Å²) < 4.78 is 12.1. The maximum absolute atomic E-state index is 5.51. The van der Waals surface area contributed by atoms with Crippen LogP contribution in [0.5, 0.6) is 11.5 Å². The molecule has 0 unspecified atom stereocenters. The summed E-state index contributed by atoms with van der Waals surface area (Å²) >= 11 is 2.42. The molecule has 0 bridgehead atoms. The van der Waals surface area contributed by atoms with Gasteiger partial charge in [-0.25, -0.2) is 4.98 Å². The van der Waals surface area contributed by atoms with E-state index in [0.717, 1.165) is 49.8 Å². The summed E-state index contributed by atoms with van der Waals surface area (Å²) in [6, 6.07) is 6.85. The molecule has 0 amide bonds. The van der Waals surface area contributed by atoms with E-state index >= 15 is 0 Å². The van der Waals surface area contributed by atoms with Crippen LogP contribution in [0, 0.1) is 3.57 Å². The smallest absolute Gasteiger partial charge is 0.231 e. The first-order valence-corrected chi connectivity index (χ1v) is 11.4. The molecule has 1 saturated carbocycles. The zero-order valence-electron chi connectivity index (χ0n) is 16.6. The van der Waals surface area contributed by atoms with E-state index < -0.39 is 0 Å². The molecule has 2 aliphatic heterocycles. The van der Waals surface area contributed by atoms with Crippen LogP contribution in [0.3, 0.4) is 0 Å². The topological polar surface area (TPSA) is 71.5 Å². The molecule has 5 rings (SSSR count). The van der Waals surface area contributed by atoms with E-state index in [-0.39, 0.29) is 0 Å². The molecule has 1 saturated heterocycles. The van der Waals surface area contributed by atoms with Gasteiger partial charge in [-0.1, -0.05) is 6.07 Å². The first-order chi connectivity index (χ1) is 14.2. The summed E-state index contributed by atoms with van der Waals surface area (Å²) in [6.45, 7) is 3.41. The number of aromatic nitrogens is 2. The molecule has 1 aromatic heterocycles. The highest BCUT2D eigenvalue weighted by Gasteiger charge is 2.28. The fraction of sp³-hybridized carbons (Fsp3) is 0.524. The van der Waals surface area contributed by atoms with Crippen LogP contribution >= 0.6 is 22.6 Å². The lowest BCUT2D eigenvalue weighted by molar-refractivity contribution is 0.173. The summed E-state index contributed by atoms with van der Waals surface area (Å²) in [5, 5.41) is 6.70. The van der Waals surface area contributed by atoms with Crippen LogP contribution in [0.4, 0.5) is 11.8 Å². The fourth-order valence-electron chi connectivity index (χ4n) is 4.03. The number of nitrogens with one attached hydrogen (secondary N) is 2. The molecule has 2 aromatic rings. The third-order valence-corrected chi connectivity index (χ3v) is 6.90. The minimum atomic E-state index is 0.327. The van der Waals surface area contributed by atoms with E-state index in [9.17, 15) is 0 Å². The number of rotatable bonds is 6. The molecule has 3 heterocycles. The highest BCUT2D eigenvalue weighted by molar-refractivity contribution is 14.1. The predicted octanol–water partition coefficient (Wildman–Crippen LogP) is 3.81. The Morgan fingerprint density at radius 2 is 1.90 bits per heavy atom. The van der Waals surface area contributed by atoms with Gasteiger partial charge in [-0.15, -0.1) is 0 Å². The van der Waals surface area contributed by atoms with Gasteiger partial charge in [-0.2, -0.15) is 4.98 Å². The molecule has 1 aromatic carbocycles. The van der Waals surface area contributed by atoms with Crippen molar-refractivity contribution >= 4 is 34.4 Å². The van der Waals surface area contributed by atoms with E-state index in [1.165, 1.54) is 27.7 Å². The van der Waals surface area contributed by atoms with Crippen molar-refractivity contribution in [3.8, 4) is 11.5 Å². The van der Waals surface area contributed by atoms with Crippen LogP contribution in [0.15, 0.2) is 18.2 Å². The summed E-state index contributed by atoms with van der Waals surface area (Å²) in [6.07, 6.45) is 4.71. The number of likely N-dealkylation sites (tertiary alicyclic amines) is 1. The zero-order chi connectivity index (χ0) is 19.8. The van der Waals surface area contributed by atoms with Crippen molar-refractivity contribution in [1.82, 2.24) is 14.9 Å². The lowest BCUT2D eigenvalue weighted by Gasteiger charge is -2.32. The Kier molecular flexibility index (Phi) is 5.38. The van der Waals surface area contributed by atoms with E-state index in [0.29, 0.717) is 24.7 Å². The van der Waals surface area contributed by atoms with Crippen LogP contribution in [0.1, 0.15) is 42.9 Å². The number of halogens is 1. The van der Waals surface area contributed by atoms with Gasteiger partial charge in [0.2, 0.25) is 12.7 Å². The van der Waals surface area contributed by atoms with Gasteiger partial charge in [-0.05, 0) is 79.1 Å². The number of anilines is 2. The van der Waals surface area contributed by atoms with Crippen molar-refractivity contribution in [3.05, 3.63) is 33.0 Å². The molecule has 8 heteroatoms. The number of hydrogen-bond donors (Lipinski definition) is 2. The molecule has 154 valence electrons. The number of nitrogens with zero attached hydrogens (tertiary/aromatic N) is 3. The largest absolute Gasteiger partial charge is 0.454 e. The van der Waals surface area contributed by atoms with Crippen LogP contribution < -0.4 is 20.1 Å². The Balaban J connectivity index is 1.25. The molecular weight excluding hydrogens is 481 g/mol. The van der Waals surface area contributed by atoms with Gasteiger partial charge < -0.3 is 20.1 Å². The summed E-state index contributed by atoms with van der Waals surface area (Å²) in [4.78, 5) is 12.0. The maximum Gasteiger partial charge on any atom is 0.231 e. The van der Waals surface area contributed by atoms with Crippen LogP contribution in [-0.4, -0.2) is 47.8 Å². The average Bonchev–Trinajstić information content (AvgIpc) is 3.44. The lowest BCUT2D eigenvalue weighted by Crippen LogP contribution is -2.33. The van der Waals surface area contributed by atoms with E-state index in [1.807, 2.05) is 13.1 Å². The van der Waals surface area contributed by atoms with Crippen molar-refractivity contribution in [3.63, 3.8) is 0 Å². The normalized spacial score (nSPS) is 19.4. The molecular formula is C21H26IN5O2. The van der Waals surface area contributed by atoms with Crippen molar-refractivity contribution in [2.24, 2.45) is 0 Å². The average molecular weight is 507 g/mol. The van der Waals surface area contributed by atoms with Crippen molar-refractivity contribution < 1.29 is 9.47 Å². The molecule has 0 spiro atoms. The van der Waals surface area contributed by atoms with Crippen LogP contribution in [0.25, 0.3) is 0 Å². The van der Waals surface area contributed by atoms with E-state index in [4.69, 9.17) is 14.5 Å². The van der Waals surface area contributed by atoms with Gasteiger partial charge in [0, 0.05) is 25.6 Å². The minimum absolute atomic E-state index is 0.327. The molecule has 0 radical (unpaired) electrons. The molecule has 2 N–H and O–H groups in total. The highest BCUT2D eigenvalue weighted by Crippen LogP contribution is 2.36. The Morgan fingerprint density at radius 1 is 1.10 bits per heavy atom. The summed E-state index contributed by atoms with van der Waals surface area (Å²) in [5.74, 6) is 3.89. The second-order valence-corrected chi connectivity index (χ2v) is 9.08. The Labute approximate surface area is 184 Å². The number of fused-ring (bicyclic) bond motifs is 1. The SMILES string of the molecule is CNc1nc(NC2CC2)c(I)c(C2CCN(Cc3ccc4c(c3)OCO4)CC2)n1. The lowest BCUT2D eigenvalue weighted by atomic mass is 9.93. The van der Waals surface area contributed by atoms with Gasteiger partial charge in [0.1, 0.15) is 5.82 Å². The van der Waals surface area contributed by atoms with Crippen LogP contribution in [0.2, 0.25) is 0 Å². The second kappa shape index (κ2) is 8.14. The van der Waals surface area contributed by atoms with Crippen molar-refractivity contribution in [2.75, 3.05) is 37.6 Å². The second-order valence-electron chi connectivity index (χ2n) is 8.00. The number of hydrogen-bond acceptors (Lipinski definition) is 7. The van der Waals surface area contributed by atoms with Gasteiger partial charge >= 0.3 is 0 Å². The van der Waals surface area contributed by atoms with Crippen LogP contribution in [-0.2, 0) is 6.54 Å². The van der Waals surface area contributed by atoms with Gasteiger partial charge in [-0.3, -0.25) is 4.90 Å². The number of piperidine rings is 1. The monoisotopic (exact) mass is 507 g/mol. The Bertz CT molecular complexity index is 897. The Hall–Kier alpha value is -1.81. The van der Waals surface area contributed by atoms with Crippen molar-refractivity contribution in [1.29, 1.82) is 0 Å². The molecule has 1 aliphatic carbocycles. The highest BCUT2D eigenvalue weighted by atomic mass is 127. The summed E-state index contributed by atoms with van der Waals surface area (Å²) in [5.41, 5.74) is 2.47. The number of ether oxygens (including phenoxy) is 2. The summed E-state index contributed by atoms with van der Waals surface area (Å²) in [7, 11) is 1.89. The zero-order valence-corrected chi connectivity index (χ0v) is 18.7. The van der Waals surface area contributed by atoms with Gasteiger partial charge in [0.05, 0.1) is 9.26 Å². The fourth-order valence-corrected chi connectivity index (χ4v) is 4.86. The van der Waals surface area contributed by atoms with E-state index in [1.54, 1.807) is 0 Å². The standard InChI is InChI=1S/C21H26IN5O2/c1-23-21-25-19(18(22)20(26-21)24-15-3-4-15)14-6-8-27(9-7-14)11-13-2-5-16-17(10-13)29-12-28-16/h2,5,10,14-15H,3-4,6-9,11-12H2,1H3,(H2,23,24,25,26). The van der Waals surface area contributed by atoms with Crippen molar-refractivity contribution in [2.45, 2.75) is 44.2 Å². The predicted molar refractivity (Wildman–Crippen MR) is 121 cm³/mol. The third-order valence-electron chi connectivity index (χ3n) is 5.84. The number of benzene rings is 1. The molecule has 7 nitrogen and oxygen atoms in total. The quantitative estimate of drug-likeness (QED) is 0.577. The first kappa shape index (κ1) is 19.2. The minimum Gasteiger partial charge on any atom is -0.454 e. The Morgan fingerprint density at radius 3 is 2.66 bits per heavy atom. The first-order valence-electron chi connectivity index (χ1n) is 10.3. The molecule has 3 aliphatic rings. The molecule has 2 fully saturated rings. The van der Waals surface area contributed by atoms with Gasteiger partial charge in [0.15, 0.2) is 11.5 Å². The van der Waals surface area contributed by atoms with Gasteiger partial charge in [0.25, 0.3) is 0 Å². The third kappa shape index (κ3) is 4.23. The molecule has 0 atom stereocenters. The van der Waals surface area contributed by atoms with E-state index in [2.05, 4.69) is 55.2 Å².